The van der Waals surface area contributed by atoms with E-state index in [-0.39, 0.29) is 18.2 Å². The second-order valence-corrected chi connectivity index (χ2v) is 9.23. The number of fused-ring (bicyclic) bond motifs is 1. The van der Waals surface area contributed by atoms with Crippen LogP contribution in [0.5, 0.6) is 5.75 Å². The minimum atomic E-state index is -4.17. The van der Waals surface area contributed by atoms with Crippen molar-refractivity contribution in [1.82, 2.24) is 20.0 Å². The lowest BCUT2D eigenvalue weighted by Gasteiger charge is -2.40. The van der Waals surface area contributed by atoms with Gasteiger partial charge in [-0.25, -0.2) is 0 Å². The van der Waals surface area contributed by atoms with Crippen LogP contribution in [0.3, 0.4) is 0 Å². The van der Waals surface area contributed by atoms with E-state index in [9.17, 15) is 13.2 Å². The Balaban J connectivity index is 1.51. The van der Waals surface area contributed by atoms with Gasteiger partial charge in [-0.2, -0.15) is 23.3 Å². The number of nitrogens with two attached hydrogens (primary N) is 1. The van der Waals surface area contributed by atoms with E-state index in [0.29, 0.717) is 36.9 Å². The molecule has 34 heavy (non-hydrogen) atoms. The minimum absolute atomic E-state index is 0.0270. The molecule has 1 saturated carbocycles. The van der Waals surface area contributed by atoms with Crippen molar-refractivity contribution in [2.45, 2.75) is 50.9 Å². The number of aliphatic imine (C=N–C) groups is 1. The highest BCUT2D eigenvalue weighted by atomic mass is 19.4. The van der Waals surface area contributed by atoms with Crippen molar-refractivity contribution in [1.29, 1.82) is 0 Å². The van der Waals surface area contributed by atoms with Crippen LogP contribution in [0.25, 0.3) is 16.6 Å². The maximum Gasteiger partial charge on any atom is 0.390 e. The summed E-state index contributed by atoms with van der Waals surface area (Å²) in [5.74, 6) is 1.24. The van der Waals surface area contributed by atoms with Gasteiger partial charge in [0.25, 0.3) is 0 Å². The van der Waals surface area contributed by atoms with Gasteiger partial charge in [0.1, 0.15) is 22.9 Å². The number of terminal acetylenes is 1. The van der Waals surface area contributed by atoms with Gasteiger partial charge in [0.2, 0.25) is 0 Å². The molecular formula is C24H29F3N6O. The third-order valence-electron chi connectivity index (χ3n) is 6.36. The molecule has 0 bridgehead atoms. The smallest absolute Gasteiger partial charge is 0.390 e. The van der Waals surface area contributed by atoms with Crippen LogP contribution in [0.2, 0.25) is 0 Å². The molecule has 1 aromatic carbocycles. The van der Waals surface area contributed by atoms with Gasteiger partial charge >= 0.3 is 6.18 Å². The van der Waals surface area contributed by atoms with Crippen molar-refractivity contribution in [3.8, 4) is 18.2 Å². The molecule has 1 aromatic heterocycles. The Morgan fingerprint density at radius 3 is 2.82 bits per heavy atom. The Labute approximate surface area is 196 Å². The number of amidine groups is 1. The first-order chi connectivity index (χ1) is 16.1. The van der Waals surface area contributed by atoms with Crippen molar-refractivity contribution in [3.63, 3.8) is 0 Å². The molecule has 2 heterocycles. The summed E-state index contributed by atoms with van der Waals surface area (Å²) in [6.45, 7) is 5.39. The summed E-state index contributed by atoms with van der Waals surface area (Å²) >= 11 is 0. The largest absolute Gasteiger partial charge is 0.488 e. The number of hydrogen-bond donors (Lipinski definition) is 2. The molecule has 2 fully saturated rings. The number of piperazine rings is 1. The highest BCUT2D eigenvalue weighted by Gasteiger charge is 2.40. The van der Waals surface area contributed by atoms with Gasteiger partial charge in [-0.3, -0.25) is 10.00 Å². The number of hydrogen-bond acceptors (Lipinski definition) is 5. The van der Waals surface area contributed by atoms with Crippen molar-refractivity contribution >= 4 is 22.4 Å². The summed E-state index contributed by atoms with van der Waals surface area (Å²) in [7, 11) is 0. The number of nitrogens with one attached hydrogen (secondary N) is 1. The predicted octanol–water partition coefficient (Wildman–Crippen LogP) is 3.74. The number of halogens is 3. The number of aromatic amines is 1. The Kier molecular flexibility index (Phi) is 6.49. The third-order valence-corrected chi connectivity index (χ3v) is 6.36. The maximum atomic E-state index is 12.6. The standard InChI is InChI=1S/C24H29F3N6O/c1-4-29-21(33-12-11-32(16(2)15-33)10-9-24(25,26)27)14-19(28)22-18-13-17(34-23(3)7-8-23)5-6-20(18)30-31-22/h1,5-6,13-14,16H,7-12,15,28H2,2-3H3,(H,30,31)/b19-14-,29-21+/t16-/m0/s1. The molecule has 7 nitrogen and oxygen atoms in total. The van der Waals surface area contributed by atoms with E-state index in [1.165, 1.54) is 0 Å². The summed E-state index contributed by atoms with van der Waals surface area (Å²) in [5.41, 5.74) is 8.07. The van der Waals surface area contributed by atoms with Crippen LogP contribution in [0.1, 0.15) is 38.8 Å². The van der Waals surface area contributed by atoms with Gasteiger partial charge in [0, 0.05) is 49.7 Å². The number of aromatic nitrogens is 2. The zero-order chi connectivity index (χ0) is 24.5. The summed E-state index contributed by atoms with van der Waals surface area (Å²) in [6.07, 6.45) is 4.18. The van der Waals surface area contributed by atoms with Crippen molar-refractivity contribution in [2.75, 3.05) is 26.2 Å². The number of H-pyrrole nitrogens is 1. The van der Waals surface area contributed by atoms with E-state index in [0.717, 1.165) is 29.5 Å². The lowest BCUT2D eigenvalue weighted by Crippen LogP contribution is -2.53. The van der Waals surface area contributed by atoms with E-state index in [2.05, 4.69) is 28.2 Å². The number of benzene rings is 1. The second kappa shape index (κ2) is 9.22. The van der Waals surface area contributed by atoms with Gasteiger partial charge < -0.3 is 15.4 Å². The third kappa shape index (κ3) is 5.65. The van der Waals surface area contributed by atoms with Gasteiger partial charge in [0.15, 0.2) is 0 Å². The average Bonchev–Trinajstić information content (AvgIpc) is 3.34. The monoisotopic (exact) mass is 474 g/mol. The molecule has 1 aliphatic heterocycles. The molecule has 2 aliphatic rings. The molecule has 1 atom stereocenters. The molecule has 0 unspecified atom stereocenters. The number of ether oxygens (including phenoxy) is 1. The lowest BCUT2D eigenvalue weighted by molar-refractivity contribution is -0.139. The van der Waals surface area contributed by atoms with Crippen molar-refractivity contribution < 1.29 is 17.9 Å². The fraction of sp³-hybridized carbons (Fsp3) is 0.500. The maximum absolute atomic E-state index is 12.6. The topological polar surface area (TPSA) is 82.8 Å². The molecule has 1 saturated heterocycles. The Bertz CT molecular complexity index is 1140. The fourth-order valence-electron chi connectivity index (χ4n) is 4.11. The zero-order valence-electron chi connectivity index (χ0n) is 19.3. The van der Waals surface area contributed by atoms with Crippen LogP contribution in [-0.2, 0) is 0 Å². The Hall–Kier alpha value is -3.19. The molecular weight excluding hydrogens is 445 g/mol. The van der Waals surface area contributed by atoms with Crippen LogP contribution in [-0.4, -0.2) is 69.8 Å². The minimum Gasteiger partial charge on any atom is -0.488 e. The summed E-state index contributed by atoms with van der Waals surface area (Å²) in [5, 5.41) is 8.17. The number of alkyl halides is 3. The quantitative estimate of drug-likeness (QED) is 0.379. The molecule has 0 radical (unpaired) electrons. The van der Waals surface area contributed by atoms with E-state index in [1.807, 2.05) is 34.9 Å². The Morgan fingerprint density at radius 1 is 1.41 bits per heavy atom. The molecule has 0 amide bonds. The summed E-state index contributed by atoms with van der Waals surface area (Å²) < 4.78 is 43.9. The molecule has 1 aliphatic carbocycles. The number of nitrogens with zero attached hydrogens (tertiary/aromatic N) is 4. The highest BCUT2D eigenvalue weighted by Crippen LogP contribution is 2.40. The van der Waals surface area contributed by atoms with E-state index < -0.39 is 12.6 Å². The molecule has 0 spiro atoms. The first-order valence-corrected chi connectivity index (χ1v) is 11.3. The van der Waals surface area contributed by atoms with Crippen molar-refractivity contribution in [3.05, 3.63) is 30.0 Å². The summed E-state index contributed by atoms with van der Waals surface area (Å²) in [4.78, 5) is 7.92. The average molecular weight is 475 g/mol. The van der Waals surface area contributed by atoms with Crippen LogP contribution in [0, 0.1) is 12.5 Å². The van der Waals surface area contributed by atoms with Crippen LogP contribution in [0.4, 0.5) is 13.2 Å². The number of rotatable bonds is 6. The summed E-state index contributed by atoms with van der Waals surface area (Å²) in [6, 6.07) is 7.92. The van der Waals surface area contributed by atoms with Gasteiger partial charge in [0.05, 0.1) is 17.6 Å². The first-order valence-electron chi connectivity index (χ1n) is 11.3. The molecule has 2 aromatic rings. The fourth-order valence-corrected chi connectivity index (χ4v) is 4.11. The Morgan fingerprint density at radius 2 is 2.18 bits per heavy atom. The zero-order valence-corrected chi connectivity index (χ0v) is 19.3. The van der Waals surface area contributed by atoms with Crippen LogP contribution >= 0.6 is 0 Å². The van der Waals surface area contributed by atoms with E-state index in [4.69, 9.17) is 16.9 Å². The van der Waals surface area contributed by atoms with Gasteiger partial charge in [-0.05, 0) is 44.9 Å². The lowest BCUT2D eigenvalue weighted by atomic mass is 10.1. The van der Waals surface area contributed by atoms with Crippen LogP contribution < -0.4 is 10.5 Å². The molecule has 182 valence electrons. The van der Waals surface area contributed by atoms with Gasteiger partial charge in [-0.15, -0.1) is 0 Å². The molecule has 3 N–H and O–H groups in total. The highest BCUT2D eigenvalue weighted by molar-refractivity contribution is 6.02. The molecule has 4 rings (SSSR count). The SMILES string of the molecule is C#C/N=C(\C=C(/N)c1n[nH]c2ccc(OC3(C)CC3)cc12)N1CCN(CCC(F)(F)F)[C@@H](C)C1. The second-order valence-electron chi connectivity index (χ2n) is 9.23. The normalized spacial score (nSPS) is 21.5. The molecule has 10 heteroatoms. The van der Waals surface area contributed by atoms with Crippen molar-refractivity contribution in [2.24, 2.45) is 10.7 Å². The van der Waals surface area contributed by atoms with Gasteiger partial charge in [-0.1, -0.05) is 6.42 Å². The first kappa shape index (κ1) is 24.0. The van der Waals surface area contributed by atoms with Crippen LogP contribution in [0.15, 0.2) is 29.3 Å². The predicted molar refractivity (Wildman–Crippen MR) is 126 cm³/mol. The van der Waals surface area contributed by atoms with E-state index in [1.54, 1.807) is 6.08 Å². The van der Waals surface area contributed by atoms with E-state index >= 15 is 0 Å².